The Kier molecular flexibility index (Phi) is 4.80. The van der Waals surface area contributed by atoms with Crippen LogP contribution in [-0.4, -0.2) is 51.2 Å². The van der Waals surface area contributed by atoms with Crippen LogP contribution in [0.15, 0.2) is 30.5 Å². The maximum atomic E-state index is 11.6. The van der Waals surface area contributed by atoms with Gasteiger partial charge in [-0.15, -0.1) is 11.3 Å². The minimum absolute atomic E-state index is 0.246. The van der Waals surface area contributed by atoms with E-state index in [9.17, 15) is 8.42 Å². The van der Waals surface area contributed by atoms with E-state index in [0.29, 0.717) is 19.0 Å². The third-order valence-electron chi connectivity index (χ3n) is 4.89. The minimum Gasteiger partial charge on any atom is -0.381 e. The van der Waals surface area contributed by atoms with Gasteiger partial charge in [0.1, 0.15) is 0 Å². The lowest BCUT2D eigenvalue weighted by Gasteiger charge is -2.28. The smallest absolute Gasteiger partial charge is 0.153 e. The second-order valence-electron chi connectivity index (χ2n) is 6.66. The highest BCUT2D eigenvalue weighted by Gasteiger charge is 2.22. The zero-order valence-electron chi connectivity index (χ0n) is 14.1. The molecule has 1 aromatic carbocycles. The van der Waals surface area contributed by atoms with Gasteiger partial charge in [0, 0.05) is 37.5 Å². The molecule has 25 heavy (non-hydrogen) atoms. The van der Waals surface area contributed by atoms with Crippen molar-refractivity contribution < 1.29 is 13.2 Å². The van der Waals surface area contributed by atoms with Crippen molar-refractivity contribution >= 4 is 26.9 Å². The Bertz CT molecular complexity index is 810. The molecule has 0 bridgehead atoms. The van der Waals surface area contributed by atoms with E-state index in [4.69, 9.17) is 4.74 Å². The Morgan fingerprint density at radius 3 is 2.60 bits per heavy atom. The van der Waals surface area contributed by atoms with Gasteiger partial charge in [-0.05, 0) is 30.5 Å². The van der Waals surface area contributed by atoms with Gasteiger partial charge in [0.2, 0.25) is 0 Å². The molecule has 0 spiro atoms. The molecule has 0 N–H and O–H groups in total. The zero-order valence-corrected chi connectivity index (χ0v) is 15.7. The van der Waals surface area contributed by atoms with Crippen LogP contribution in [0.1, 0.15) is 23.8 Å². The number of hydrogen-bond donors (Lipinski definition) is 0. The fraction of sp³-hybridized carbons (Fsp3) is 0.500. The van der Waals surface area contributed by atoms with Gasteiger partial charge in [0.25, 0.3) is 0 Å². The van der Waals surface area contributed by atoms with Crippen LogP contribution in [0, 0.1) is 0 Å². The van der Waals surface area contributed by atoms with Crippen LogP contribution in [0.2, 0.25) is 0 Å². The van der Waals surface area contributed by atoms with Gasteiger partial charge in [-0.2, -0.15) is 0 Å². The van der Waals surface area contributed by atoms with Gasteiger partial charge >= 0.3 is 0 Å². The highest BCUT2D eigenvalue weighted by molar-refractivity contribution is 7.91. The second kappa shape index (κ2) is 7.05. The van der Waals surface area contributed by atoms with Crippen LogP contribution in [0.3, 0.4) is 0 Å². The van der Waals surface area contributed by atoms with Crippen LogP contribution in [0.4, 0.5) is 5.69 Å². The SMILES string of the molecule is O=S1(=O)CCN(c2ccc(-c3cnc(C4CCCOC4)s3)cc2)CC1. The quantitative estimate of drug-likeness (QED) is 0.822. The van der Waals surface area contributed by atoms with Crippen LogP contribution in [0.5, 0.6) is 0 Å². The normalized spacial score (nSPS) is 23.5. The molecule has 5 nitrogen and oxygen atoms in total. The number of hydrogen-bond acceptors (Lipinski definition) is 6. The molecule has 0 saturated carbocycles. The van der Waals surface area contributed by atoms with Gasteiger partial charge in [-0.3, -0.25) is 0 Å². The van der Waals surface area contributed by atoms with Gasteiger partial charge < -0.3 is 9.64 Å². The predicted molar refractivity (Wildman–Crippen MR) is 101 cm³/mol. The summed E-state index contributed by atoms with van der Waals surface area (Å²) in [6.07, 6.45) is 4.22. The number of sulfone groups is 1. The average molecular weight is 379 g/mol. The number of aromatic nitrogens is 1. The van der Waals surface area contributed by atoms with Crippen LogP contribution >= 0.6 is 11.3 Å². The monoisotopic (exact) mass is 378 g/mol. The Balaban J connectivity index is 1.46. The highest BCUT2D eigenvalue weighted by atomic mass is 32.2. The van der Waals surface area contributed by atoms with Crippen molar-refractivity contribution in [2.45, 2.75) is 18.8 Å². The van der Waals surface area contributed by atoms with Crippen LogP contribution in [-0.2, 0) is 14.6 Å². The third kappa shape index (κ3) is 3.88. The van der Waals surface area contributed by atoms with Crippen molar-refractivity contribution in [3.63, 3.8) is 0 Å². The average Bonchev–Trinajstić information content (AvgIpc) is 3.13. The van der Waals surface area contributed by atoms with Gasteiger partial charge in [0.05, 0.1) is 28.0 Å². The Labute approximate surface area is 152 Å². The summed E-state index contributed by atoms with van der Waals surface area (Å²) in [5.74, 6) is 0.925. The number of thiazole rings is 1. The fourth-order valence-electron chi connectivity index (χ4n) is 3.35. The molecule has 1 unspecified atom stereocenters. The van der Waals surface area contributed by atoms with Crippen LogP contribution < -0.4 is 4.90 Å². The molecule has 0 amide bonds. The van der Waals surface area contributed by atoms with Crippen molar-refractivity contribution in [3.05, 3.63) is 35.5 Å². The Hall–Kier alpha value is -1.44. The third-order valence-corrected chi connectivity index (χ3v) is 7.71. The lowest BCUT2D eigenvalue weighted by Crippen LogP contribution is -2.40. The summed E-state index contributed by atoms with van der Waals surface area (Å²) in [6, 6.07) is 8.37. The summed E-state index contributed by atoms with van der Waals surface area (Å²) in [5, 5.41) is 1.17. The first kappa shape index (κ1) is 17.0. The first-order valence-electron chi connectivity index (χ1n) is 8.70. The van der Waals surface area contributed by atoms with E-state index >= 15 is 0 Å². The molecule has 4 rings (SSSR count). The first-order valence-corrected chi connectivity index (χ1v) is 11.3. The molecule has 2 saturated heterocycles. The summed E-state index contributed by atoms with van der Waals surface area (Å²) in [4.78, 5) is 7.92. The molecule has 1 aromatic heterocycles. The molecule has 2 fully saturated rings. The fourth-order valence-corrected chi connectivity index (χ4v) is 5.60. The van der Waals surface area contributed by atoms with Crippen LogP contribution in [0.25, 0.3) is 10.4 Å². The van der Waals surface area contributed by atoms with E-state index < -0.39 is 9.84 Å². The second-order valence-corrected chi connectivity index (χ2v) is 10.0. The molecule has 0 aliphatic carbocycles. The van der Waals surface area contributed by atoms with Gasteiger partial charge in [-0.25, -0.2) is 13.4 Å². The first-order chi connectivity index (χ1) is 12.1. The molecule has 3 heterocycles. The van der Waals surface area contributed by atoms with E-state index in [1.54, 1.807) is 11.3 Å². The topological polar surface area (TPSA) is 59.5 Å². The standard InChI is InChI=1S/C18H22N2O3S2/c21-25(22)10-7-20(8-11-25)16-5-3-14(4-6-16)17-12-19-18(24-17)15-2-1-9-23-13-15/h3-6,12,15H,1-2,7-11,13H2. The summed E-state index contributed by atoms with van der Waals surface area (Å²) >= 11 is 1.75. The maximum Gasteiger partial charge on any atom is 0.153 e. The number of ether oxygens (including phenoxy) is 1. The molecule has 2 aromatic rings. The van der Waals surface area contributed by atoms with E-state index in [-0.39, 0.29) is 11.5 Å². The lowest BCUT2D eigenvalue weighted by molar-refractivity contribution is 0.0804. The van der Waals surface area contributed by atoms with Crippen molar-refractivity contribution in [1.82, 2.24) is 4.98 Å². The lowest BCUT2D eigenvalue weighted by atomic mass is 10.0. The molecule has 2 aliphatic heterocycles. The minimum atomic E-state index is -2.84. The molecular formula is C18H22N2O3S2. The number of benzene rings is 1. The Morgan fingerprint density at radius 1 is 1.16 bits per heavy atom. The molecule has 0 radical (unpaired) electrons. The van der Waals surface area contributed by atoms with Crippen molar-refractivity contribution in [3.8, 4) is 10.4 Å². The molecule has 7 heteroatoms. The number of nitrogens with zero attached hydrogens (tertiary/aromatic N) is 2. The predicted octanol–water partition coefficient (Wildman–Crippen LogP) is 2.94. The van der Waals surface area contributed by atoms with Crippen molar-refractivity contribution in [2.75, 3.05) is 42.7 Å². The summed E-state index contributed by atoms with van der Waals surface area (Å²) in [7, 11) is -2.84. The van der Waals surface area contributed by atoms with E-state index in [2.05, 4.69) is 34.1 Å². The number of anilines is 1. The number of rotatable bonds is 3. The molecular weight excluding hydrogens is 356 g/mol. The van der Waals surface area contributed by atoms with E-state index in [0.717, 1.165) is 37.3 Å². The van der Waals surface area contributed by atoms with E-state index in [1.807, 2.05) is 6.20 Å². The molecule has 134 valence electrons. The van der Waals surface area contributed by atoms with Gasteiger partial charge in [-0.1, -0.05) is 12.1 Å². The molecule has 1 atom stereocenters. The van der Waals surface area contributed by atoms with Crippen molar-refractivity contribution in [2.24, 2.45) is 0 Å². The highest BCUT2D eigenvalue weighted by Crippen LogP contribution is 2.34. The maximum absolute atomic E-state index is 11.6. The van der Waals surface area contributed by atoms with Gasteiger partial charge in [0.15, 0.2) is 9.84 Å². The largest absolute Gasteiger partial charge is 0.381 e. The summed E-state index contributed by atoms with van der Waals surface area (Å²) in [5.41, 5.74) is 2.25. The van der Waals surface area contributed by atoms with Crippen molar-refractivity contribution in [1.29, 1.82) is 0 Å². The zero-order chi connectivity index (χ0) is 17.3. The Morgan fingerprint density at radius 2 is 1.92 bits per heavy atom. The summed E-state index contributed by atoms with van der Waals surface area (Å²) < 4.78 is 28.7. The van der Waals surface area contributed by atoms with E-state index in [1.165, 1.54) is 9.88 Å². The summed E-state index contributed by atoms with van der Waals surface area (Å²) in [6.45, 7) is 2.81. The molecule has 2 aliphatic rings.